The summed E-state index contributed by atoms with van der Waals surface area (Å²) in [5.41, 5.74) is 0.957. The van der Waals surface area contributed by atoms with Gasteiger partial charge in [-0.25, -0.2) is 18.4 Å². The van der Waals surface area contributed by atoms with Gasteiger partial charge in [-0.05, 0) is 30.7 Å². The van der Waals surface area contributed by atoms with Crippen molar-refractivity contribution in [2.45, 2.75) is 23.0 Å². The lowest BCUT2D eigenvalue weighted by Gasteiger charge is -2.11. The Balaban J connectivity index is 1.57. The molecule has 11 nitrogen and oxygen atoms in total. The monoisotopic (exact) mass is 533 g/mol. The van der Waals surface area contributed by atoms with Gasteiger partial charge in [0.25, 0.3) is 5.91 Å². The van der Waals surface area contributed by atoms with Crippen LogP contribution in [0.1, 0.15) is 18.4 Å². The normalized spacial score (nSPS) is 16.3. The lowest BCUT2D eigenvalue weighted by molar-refractivity contribution is -0.110. The topological polar surface area (TPSA) is 143 Å². The van der Waals surface area contributed by atoms with E-state index in [1.54, 1.807) is 0 Å². The molecule has 0 radical (unpaired) electrons. The summed E-state index contributed by atoms with van der Waals surface area (Å²) < 4.78 is 30.9. The number of sulfone groups is 1. The molecule has 1 saturated heterocycles. The van der Waals surface area contributed by atoms with Gasteiger partial charge in [0, 0.05) is 39.3 Å². The van der Waals surface area contributed by atoms with E-state index in [2.05, 4.69) is 20.4 Å². The van der Waals surface area contributed by atoms with Gasteiger partial charge in [0.1, 0.15) is 22.8 Å². The van der Waals surface area contributed by atoms with E-state index in [0.29, 0.717) is 40.5 Å². The summed E-state index contributed by atoms with van der Waals surface area (Å²) in [6, 6.07) is 9.58. The van der Waals surface area contributed by atoms with E-state index in [-0.39, 0.29) is 30.4 Å². The second-order valence-electron chi connectivity index (χ2n) is 8.27. The number of aromatic nitrogens is 2. The van der Waals surface area contributed by atoms with E-state index in [1.807, 2.05) is 31.1 Å². The quantitative estimate of drug-likeness (QED) is 0.227. The van der Waals surface area contributed by atoms with Crippen molar-refractivity contribution in [1.29, 1.82) is 0 Å². The molecule has 1 aliphatic rings. The number of pyridine rings is 1. The fourth-order valence-electron chi connectivity index (χ4n) is 3.48. The highest BCUT2D eigenvalue weighted by molar-refractivity contribution is 7.92. The highest BCUT2D eigenvalue weighted by atomic mass is 32.2. The van der Waals surface area contributed by atoms with E-state index >= 15 is 0 Å². The van der Waals surface area contributed by atoms with Gasteiger partial charge in [-0.1, -0.05) is 28.6 Å². The van der Waals surface area contributed by atoms with Gasteiger partial charge in [0.15, 0.2) is 20.7 Å². The van der Waals surface area contributed by atoms with Crippen LogP contribution in [-0.4, -0.2) is 80.9 Å². The fourth-order valence-corrected chi connectivity index (χ4v) is 5.89. The number of hydrogen-bond donors (Lipinski definition) is 2. The van der Waals surface area contributed by atoms with Crippen LogP contribution >= 0.6 is 11.3 Å². The Bertz CT molecular complexity index is 1350. The Kier molecular flexibility index (Phi) is 8.14. The summed E-state index contributed by atoms with van der Waals surface area (Å²) in [5.74, 6) is 0.188. The number of thiazole rings is 1. The molecule has 36 heavy (non-hydrogen) atoms. The molecule has 1 atom stereocenters. The third kappa shape index (κ3) is 5.81. The average molecular weight is 534 g/mol. The van der Waals surface area contributed by atoms with Crippen molar-refractivity contribution in [3.63, 3.8) is 0 Å². The van der Waals surface area contributed by atoms with Crippen LogP contribution in [0.25, 0.3) is 10.3 Å². The number of aliphatic hydroxyl groups excluding tert-OH is 1. The van der Waals surface area contributed by atoms with Crippen LogP contribution in [0, 0.1) is 0 Å². The standard InChI is InChI=1S/C23H27N5O6S2/c1-28(2)19-9-8-18-22(25-19)35-23(24-18)26-21(30)20(27-34-12-3-11-29)15-4-6-16(7-5-15)36(31,32)17-10-13-33-14-17/h4-9,17,29H,3,10-14H2,1-2H3,(H,24,26,30)/b27-20+/t17-/m0/s1. The smallest absolute Gasteiger partial charge is 0.280 e. The number of benzene rings is 1. The van der Waals surface area contributed by atoms with Crippen molar-refractivity contribution >= 4 is 54.1 Å². The molecule has 192 valence electrons. The molecule has 0 aliphatic carbocycles. The largest absolute Gasteiger partial charge is 0.396 e. The van der Waals surface area contributed by atoms with E-state index < -0.39 is 21.0 Å². The Morgan fingerprint density at radius 2 is 2.03 bits per heavy atom. The van der Waals surface area contributed by atoms with Crippen molar-refractivity contribution in [3.05, 3.63) is 42.0 Å². The molecular formula is C23H27N5O6S2. The van der Waals surface area contributed by atoms with Crippen molar-refractivity contribution in [3.8, 4) is 0 Å². The number of nitrogens with one attached hydrogen (secondary N) is 1. The van der Waals surface area contributed by atoms with Crippen LogP contribution in [-0.2, 0) is 24.2 Å². The highest BCUT2D eigenvalue weighted by Crippen LogP contribution is 2.27. The van der Waals surface area contributed by atoms with Crippen LogP contribution in [0.4, 0.5) is 10.9 Å². The lowest BCUT2D eigenvalue weighted by atomic mass is 10.1. The van der Waals surface area contributed by atoms with Gasteiger partial charge in [0.05, 0.1) is 16.8 Å². The van der Waals surface area contributed by atoms with Gasteiger partial charge < -0.3 is 19.6 Å². The summed E-state index contributed by atoms with van der Waals surface area (Å²) in [6.45, 7) is 0.620. The molecule has 1 aliphatic heterocycles. The Labute approximate surface area is 212 Å². The summed E-state index contributed by atoms with van der Waals surface area (Å²) in [4.78, 5) is 30.0. The number of anilines is 2. The number of hydrogen-bond acceptors (Lipinski definition) is 11. The predicted octanol–water partition coefficient (Wildman–Crippen LogP) is 2.06. The zero-order chi connectivity index (χ0) is 25.7. The minimum Gasteiger partial charge on any atom is -0.396 e. The first-order valence-corrected chi connectivity index (χ1v) is 13.6. The number of nitrogens with zero attached hydrogens (tertiary/aromatic N) is 4. The molecule has 13 heteroatoms. The molecule has 3 aromatic rings. The third-order valence-electron chi connectivity index (χ3n) is 5.47. The first-order chi connectivity index (χ1) is 17.3. The van der Waals surface area contributed by atoms with E-state index in [0.717, 1.165) is 5.82 Å². The van der Waals surface area contributed by atoms with Crippen LogP contribution in [0.15, 0.2) is 46.4 Å². The molecule has 1 aromatic carbocycles. The summed E-state index contributed by atoms with van der Waals surface area (Å²) in [6.07, 6.45) is 0.793. The third-order valence-corrected chi connectivity index (χ3v) is 8.53. The molecule has 0 spiro atoms. The molecule has 4 rings (SSSR count). The van der Waals surface area contributed by atoms with Gasteiger partial charge >= 0.3 is 0 Å². The SMILES string of the molecule is CN(C)c1ccc2nc(NC(=O)/C(=N/OCCCO)c3ccc(S(=O)(=O)[C@H]4CCOC4)cc3)sc2n1. The minimum atomic E-state index is -3.54. The maximum atomic E-state index is 13.2. The maximum absolute atomic E-state index is 13.2. The maximum Gasteiger partial charge on any atom is 0.280 e. The zero-order valence-corrected chi connectivity index (χ0v) is 21.5. The number of amides is 1. The molecule has 1 fully saturated rings. The highest BCUT2D eigenvalue weighted by Gasteiger charge is 2.31. The van der Waals surface area contributed by atoms with Gasteiger partial charge in [-0.3, -0.25) is 10.1 Å². The summed E-state index contributed by atoms with van der Waals surface area (Å²) in [7, 11) is 0.227. The number of fused-ring (bicyclic) bond motifs is 1. The minimum absolute atomic E-state index is 0.0534. The van der Waals surface area contributed by atoms with E-state index in [4.69, 9.17) is 14.7 Å². The second kappa shape index (κ2) is 11.3. The molecule has 3 heterocycles. The number of aliphatic hydroxyl groups is 1. The van der Waals surface area contributed by atoms with Crippen molar-refractivity contribution in [2.75, 3.05) is 50.7 Å². The Morgan fingerprint density at radius 3 is 2.69 bits per heavy atom. The Hall–Kier alpha value is -3.13. The first kappa shape index (κ1) is 25.9. The van der Waals surface area contributed by atoms with Crippen molar-refractivity contribution < 1.29 is 27.9 Å². The molecule has 2 N–H and O–H groups in total. The van der Waals surface area contributed by atoms with Crippen LogP contribution < -0.4 is 10.2 Å². The lowest BCUT2D eigenvalue weighted by Crippen LogP contribution is -2.25. The molecule has 0 unspecified atom stereocenters. The van der Waals surface area contributed by atoms with E-state index in [1.165, 1.54) is 35.6 Å². The van der Waals surface area contributed by atoms with Crippen LogP contribution in [0.5, 0.6) is 0 Å². The van der Waals surface area contributed by atoms with Crippen molar-refractivity contribution in [2.24, 2.45) is 5.16 Å². The van der Waals surface area contributed by atoms with E-state index in [9.17, 15) is 13.2 Å². The number of ether oxygens (including phenoxy) is 1. The predicted molar refractivity (Wildman–Crippen MR) is 137 cm³/mol. The molecular weight excluding hydrogens is 506 g/mol. The van der Waals surface area contributed by atoms with Crippen molar-refractivity contribution in [1.82, 2.24) is 9.97 Å². The molecule has 1 amide bonds. The average Bonchev–Trinajstić information content (AvgIpc) is 3.54. The molecule has 2 aromatic heterocycles. The first-order valence-electron chi connectivity index (χ1n) is 11.3. The summed E-state index contributed by atoms with van der Waals surface area (Å²) >= 11 is 1.22. The number of carbonyl (C=O) groups excluding carboxylic acids is 1. The number of rotatable bonds is 10. The number of oxime groups is 1. The molecule has 0 bridgehead atoms. The second-order valence-corrected chi connectivity index (χ2v) is 11.5. The van der Waals surface area contributed by atoms with Crippen LogP contribution in [0.2, 0.25) is 0 Å². The van der Waals surface area contributed by atoms with Gasteiger partial charge in [-0.15, -0.1) is 0 Å². The van der Waals surface area contributed by atoms with Gasteiger partial charge in [-0.2, -0.15) is 0 Å². The molecule has 0 saturated carbocycles. The fraction of sp³-hybridized carbons (Fsp3) is 0.391. The Morgan fingerprint density at radius 1 is 1.25 bits per heavy atom. The number of carbonyl (C=O) groups is 1. The summed E-state index contributed by atoms with van der Waals surface area (Å²) in [5, 5.41) is 15.4. The van der Waals surface area contributed by atoms with Gasteiger partial charge in [0.2, 0.25) is 0 Å². The van der Waals surface area contributed by atoms with Crippen LogP contribution in [0.3, 0.4) is 0 Å². The zero-order valence-electron chi connectivity index (χ0n) is 19.9.